The van der Waals surface area contributed by atoms with E-state index in [1.807, 2.05) is 35.0 Å². The number of amides is 1. The Balaban J connectivity index is 1.84. The molecule has 114 valence electrons. The number of pyridine rings is 1. The van der Waals surface area contributed by atoms with Crippen LogP contribution in [0.3, 0.4) is 0 Å². The molecular weight excluding hydrogens is 302 g/mol. The van der Waals surface area contributed by atoms with Crippen molar-refractivity contribution in [2.24, 2.45) is 7.05 Å². The summed E-state index contributed by atoms with van der Waals surface area (Å²) in [5, 5.41) is 4.57. The van der Waals surface area contributed by atoms with Crippen LogP contribution in [0.2, 0.25) is 5.02 Å². The van der Waals surface area contributed by atoms with E-state index in [9.17, 15) is 4.79 Å². The molecule has 3 rings (SSSR count). The molecule has 0 aliphatic carbocycles. The van der Waals surface area contributed by atoms with Gasteiger partial charge in [0.1, 0.15) is 11.3 Å². The SMILES string of the molecule is Cc1nn(C)c(C(=O)N(C)Cc2cn3ccccc3n2)c1Cl. The number of hydrogen-bond donors (Lipinski definition) is 0. The summed E-state index contributed by atoms with van der Waals surface area (Å²) >= 11 is 6.17. The molecule has 3 aromatic rings. The van der Waals surface area contributed by atoms with Crippen LogP contribution in [-0.4, -0.2) is 37.0 Å². The number of carbonyl (C=O) groups excluding carboxylic acids is 1. The number of nitrogens with zero attached hydrogens (tertiary/aromatic N) is 5. The van der Waals surface area contributed by atoms with Crippen LogP contribution in [0.25, 0.3) is 5.65 Å². The zero-order chi connectivity index (χ0) is 15.9. The fourth-order valence-corrected chi connectivity index (χ4v) is 2.66. The van der Waals surface area contributed by atoms with Crippen molar-refractivity contribution in [3.63, 3.8) is 0 Å². The van der Waals surface area contributed by atoms with Gasteiger partial charge in [-0.2, -0.15) is 5.10 Å². The quantitative estimate of drug-likeness (QED) is 0.745. The molecular formula is C15H16ClN5O. The van der Waals surface area contributed by atoms with Crippen LogP contribution in [0.4, 0.5) is 0 Å². The molecule has 0 spiro atoms. The monoisotopic (exact) mass is 317 g/mol. The van der Waals surface area contributed by atoms with Crippen LogP contribution in [-0.2, 0) is 13.6 Å². The van der Waals surface area contributed by atoms with E-state index in [0.717, 1.165) is 11.3 Å². The summed E-state index contributed by atoms with van der Waals surface area (Å²) in [7, 11) is 3.44. The molecule has 22 heavy (non-hydrogen) atoms. The van der Waals surface area contributed by atoms with Crippen molar-refractivity contribution in [3.05, 3.63) is 52.7 Å². The lowest BCUT2D eigenvalue weighted by molar-refractivity contribution is 0.0773. The van der Waals surface area contributed by atoms with Gasteiger partial charge in [0.25, 0.3) is 5.91 Å². The first-order valence-corrected chi connectivity index (χ1v) is 7.22. The second-order valence-corrected chi connectivity index (χ2v) is 5.61. The Kier molecular flexibility index (Phi) is 3.62. The standard InChI is InChI=1S/C15H16ClN5O/c1-10-13(16)14(20(3)18-10)15(22)19(2)8-11-9-21-7-5-4-6-12(21)17-11/h4-7,9H,8H2,1-3H3. The van der Waals surface area contributed by atoms with Crippen LogP contribution in [0.15, 0.2) is 30.6 Å². The Bertz CT molecular complexity index is 818. The molecule has 0 atom stereocenters. The normalized spacial score (nSPS) is 11.1. The first kappa shape index (κ1) is 14.6. The van der Waals surface area contributed by atoms with Gasteiger partial charge < -0.3 is 9.30 Å². The second kappa shape index (κ2) is 5.46. The summed E-state index contributed by atoms with van der Waals surface area (Å²) in [6, 6.07) is 5.79. The van der Waals surface area contributed by atoms with Crippen molar-refractivity contribution in [2.75, 3.05) is 7.05 Å². The van der Waals surface area contributed by atoms with Crippen molar-refractivity contribution in [1.29, 1.82) is 0 Å². The molecule has 1 amide bonds. The minimum absolute atomic E-state index is 0.176. The summed E-state index contributed by atoms with van der Waals surface area (Å²) in [6.45, 7) is 2.18. The van der Waals surface area contributed by atoms with Gasteiger partial charge in [0.15, 0.2) is 0 Å². The van der Waals surface area contributed by atoms with Gasteiger partial charge in [-0.15, -0.1) is 0 Å². The highest BCUT2D eigenvalue weighted by Crippen LogP contribution is 2.21. The number of halogens is 1. The van der Waals surface area contributed by atoms with E-state index >= 15 is 0 Å². The van der Waals surface area contributed by atoms with E-state index in [1.165, 1.54) is 4.68 Å². The Morgan fingerprint density at radius 2 is 2.18 bits per heavy atom. The number of carbonyl (C=O) groups is 1. The van der Waals surface area contributed by atoms with Gasteiger partial charge >= 0.3 is 0 Å². The van der Waals surface area contributed by atoms with Gasteiger partial charge in [0, 0.05) is 26.5 Å². The third-order valence-corrected chi connectivity index (χ3v) is 3.96. The zero-order valence-corrected chi connectivity index (χ0v) is 13.4. The van der Waals surface area contributed by atoms with Crippen molar-refractivity contribution >= 4 is 23.2 Å². The molecule has 0 aliphatic heterocycles. The minimum atomic E-state index is -0.176. The predicted molar refractivity (Wildman–Crippen MR) is 83.9 cm³/mol. The Morgan fingerprint density at radius 3 is 2.82 bits per heavy atom. The summed E-state index contributed by atoms with van der Waals surface area (Å²) in [6.07, 6.45) is 3.84. The highest BCUT2D eigenvalue weighted by atomic mass is 35.5. The molecule has 0 N–H and O–H groups in total. The molecule has 0 saturated carbocycles. The number of imidazole rings is 1. The molecule has 7 heteroatoms. The molecule has 0 aliphatic rings. The lowest BCUT2D eigenvalue weighted by atomic mass is 10.3. The maximum absolute atomic E-state index is 12.6. The van der Waals surface area contributed by atoms with Gasteiger partial charge in [0.05, 0.1) is 23.0 Å². The average Bonchev–Trinajstić information content (AvgIpc) is 2.99. The lowest BCUT2D eigenvalue weighted by Gasteiger charge is -2.16. The van der Waals surface area contributed by atoms with E-state index in [0.29, 0.717) is 23.0 Å². The Morgan fingerprint density at radius 1 is 1.41 bits per heavy atom. The van der Waals surface area contributed by atoms with Gasteiger partial charge in [-0.25, -0.2) is 4.98 Å². The predicted octanol–water partition coefficient (Wildman–Crippen LogP) is 2.30. The van der Waals surface area contributed by atoms with Crippen molar-refractivity contribution < 1.29 is 4.79 Å². The van der Waals surface area contributed by atoms with E-state index in [4.69, 9.17) is 11.6 Å². The second-order valence-electron chi connectivity index (χ2n) is 5.23. The third-order valence-electron chi connectivity index (χ3n) is 3.51. The fourth-order valence-electron chi connectivity index (χ4n) is 2.42. The smallest absolute Gasteiger partial charge is 0.273 e. The summed E-state index contributed by atoms with van der Waals surface area (Å²) < 4.78 is 3.44. The van der Waals surface area contributed by atoms with Gasteiger partial charge in [-0.3, -0.25) is 9.48 Å². The van der Waals surface area contributed by atoms with Crippen molar-refractivity contribution in [2.45, 2.75) is 13.5 Å². The largest absolute Gasteiger partial charge is 0.334 e. The third kappa shape index (κ3) is 2.46. The average molecular weight is 318 g/mol. The minimum Gasteiger partial charge on any atom is -0.334 e. The number of fused-ring (bicyclic) bond motifs is 1. The van der Waals surface area contributed by atoms with Crippen LogP contribution < -0.4 is 0 Å². The van der Waals surface area contributed by atoms with Gasteiger partial charge in [-0.1, -0.05) is 17.7 Å². The molecule has 0 unspecified atom stereocenters. The first-order chi connectivity index (χ1) is 10.5. The summed E-state index contributed by atoms with van der Waals surface area (Å²) in [5.41, 5.74) is 2.71. The van der Waals surface area contributed by atoms with Gasteiger partial charge in [0.2, 0.25) is 0 Å². The van der Waals surface area contributed by atoms with Crippen LogP contribution in [0, 0.1) is 6.92 Å². The van der Waals surface area contributed by atoms with E-state index < -0.39 is 0 Å². The lowest BCUT2D eigenvalue weighted by Crippen LogP contribution is -2.28. The number of rotatable bonds is 3. The van der Waals surface area contributed by atoms with E-state index in [2.05, 4.69) is 10.1 Å². The first-order valence-electron chi connectivity index (χ1n) is 6.84. The molecule has 0 bridgehead atoms. The Hall–Kier alpha value is -2.34. The molecule has 0 saturated heterocycles. The maximum Gasteiger partial charge on any atom is 0.273 e. The molecule has 3 heterocycles. The van der Waals surface area contributed by atoms with E-state index in [1.54, 1.807) is 25.9 Å². The van der Waals surface area contributed by atoms with Crippen LogP contribution >= 0.6 is 11.6 Å². The van der Waals surface area contributed by atoms with E-state index in [-0.39, 0.29) is 5.91 Å². The molecule has 0 aromatic carbocycles. The van der Waals surface area contributed by atoms with Crippen molar-refractivity contribution in [3.8, 4) is 0 Å². The number of hydrogen-bond acceptors (Lipinski definition) is 3. The molecule has 0 radical (unpaired) electrons. The number of aryl methyl sites for hydroxylation is 2. The topological polar surface area (TPSA) is 55.4 Å². The molecule has 3 aromatic heterocycles. The Labute approximate surface area is 132 Å². The van der Waals surface area contributed by atoms with Crippen LogP contribution in [0.1, 0.15) is 21.9 Å². The fraction of sp³-hybridized carbons (Fsp3) is 0.267. The molecule has 0 fully saturated rings. The van der Waals surface area contributed by atoms with Gasteiger partial charge in [-0.05, 0) is 19.1 Å². The summed E-state index contributed by atoms with van der Waals surface area (Å²) in [5.74, 6) is -0.176. The highest BCUT2D eigenvalue weighted by Gasteiger charge is 2.22. The van der Waals surface area contributed by atoms with Crippen molar-refractivity contribution in [1.82, 2.24) is 24.1 Å². The molecule has 6 nitrogen and oxygen atoms in total. The number of aromatic nitrogens is 4. The maximum atomic E-state index is 12.6. The zero-order valence-electron chi connectivity index (χ0n) is 12.6. The highest BCUT2D eigenvalue weighted by molar-refractivity contribution is 6.34. The summed E-state index contributed by atoms with van der Waals surface area (Å²) in [4.78, 5) is 18.6. The van der Waals surface area contributed by atoms with Crippen LogP contribution in [0.5, 0.6) is 0 Å².